The van der Waals surface area contributed by atoms with Crippen molar-refractivity contribution in [1.82, 2.24) is 14.6 Å². The Hall–Kier alpha value is -2.21. The zero-order valence-corrected chi connectivity index (χ0v) is 14.2. The van der Waals surface area contributed by atoms with Crippen molar-refractivity contribution in [2.24, 2.45) is 0 Å². The lowest BCUT2D eigenvalue weighted by atomic mass is 10.3. The Morgan fingerprint density at radius 3 is 2.78 bits per heavy atom. The van der Waals surface area contributed by atoms with Crippen LogP contribution in [0.15, 0.2) is 41.2 Å². The largest absolute Gasteiger partial charge is 0.369 e. The summed E-state index contributed by atoms with van der Waals surface area (Å²) in [6.45, 7) is 2.74. The zero-order chi connectivity index (χ0) is 16.2. The molecule has 0 bridgehead atoms. The summed E-state index contributed by atoms with van der Waals surface area (Å²) in [6, 6.07) is 11.7. The molecule has 0 N–H and O–H groups in total. The van der Waals surface area contributed by atoms with Crippen LogP contribution in [0.3, 0.4) is 0 Å². The molecular weight excluding hydrogens is 308 g/mol. The lowest BCUT2D eigenvalue weighted by molar-refractivity contribution is 0.759. The number of fused-ring (bicyclic) bond motifs is 1. The SMILES string of the molecule is CCCCc1nn2c(=O)cc(CN(C)c3ccccc3)nc2s1. The van der Waals surface area contributed by atoms with E-state index in [9.17, 15) is 4.79 Å². The summed E-state index contributed by atoms with van der Waals surface area (Å²) >= 11 is 1.51. The fourth-order valence-electron chi connectivity index (χ4n) is 2.42. The summed E-state index contributed by atoms with van der Waals surface area (Å²) in [5, 5.41) is 5.35. The number of aryl methyl sites for hydroxylation is 1. The molecule has 6 heteroatoms. The monoisotopic (exact) mass is 328 g/mol. The second-order valence-electron chi connectivity index (χ2n) is 5.57. The van der Waals surface area contributed by atoms with Crippen LogP contribution >= 0.6 is 11.3 Å². The normalized spacial score (nSPS) is 11.0. The number of aromatic nitrogens is 3. The van der Waals surface area contributed by atoms with E-state index in [1.54, 1.807) is 6.07 Å². The molecule has 0 spiro atoms. The molecule has 120 valence electrons. The van der Waals surface area contributed by atoms with Gasteiger partial charge in [0.05, 0.1) is 12.2 Å². The number of hydrogen-bond donors (Lipinski definition) is 0. The van der Waals surface area contributed by atoms with E-state index in [0.29, 0.717) is 11.5 Å². The van der Waals surface area contributed by atoms with Crippen LogP contribution < -0.4 is 10.5 Å². The quantitative estimate of drug-likeness (QED) is 0.697. The molecule has 2 aromatic heterocycles. The van der Waals surface area contributed by atoms with Gasteiger partial charge in [-0.3, -0.25) is 4.79 Å². The number of anilines is 1. The molecule has 0 aliphatic carbocycles. The Morgan fingerprint density at radius 1 is 1.26 bits per heavy atom. The first kappa shape index (κ1) is 15.7. The molecule has 2 heterocycles. The highest BCUT2D eigenvalue weighted by Gasteiger charge is 2.10. The van der Waals surface area contributed by atoms with Gasteiger partial charge in [-0.05, 0) is 18.6 Å². The van der Waals surface area contributed by atoms with Gasteiger partial charge in [0.2, 0.25) is 4.96 Å². The summed E-state index contributed by atoms with van der Waals surface area (Å²) in [6.07, 6.45) is 3.10. The molecule has 23 heavy (non-hydrogen) atoms. The maximum absolute atomic E-state index is 12.3. The predicted molar refractivity (Wildman–Crippen MR) is 94.3 cm³/mol. The van der Waals surface area contributed by atoms with Crippen LogP contribution in [0.4, 0.5) is 5.69 Å². The van der Waals surface area contributed by atoms with Crippen molar-refractivity contribution >= 4 is 22.0 Å². The van der Waals surface area contributed by atoms with Crippen molar-refractivity contribution in [3.63, 3.8) is 0 Å². The third-order valence-corrected chi connectivity index (χ3v) is 4.65. The van der Waals surface area contributed by atoms with E-state index in [1.165, 1.54) is 15.9 Å². The van der Waals surface area contributed by atoms with Crippen molar-refractivity contribution in [3.8, 4) is 0 Å². The molecule has 3 rings (SSSR count). The first-order valence-corrected chi connectivity index (χ1v) is 8.64. The molecule has 1 aromatic carbocycles. The standard InChI is InChI=1S/C17H20N4OS/c1-3-4-10-15-19-21-16(22)11-13(18-17(21)23-15)12-20(2)14-8-6-5-7-9-14/h5-9,11H,3-4,10,12H2,1-2H3. The number of rotatable bonds is 6. The number of nitrogens with zero attached hydrogens (tertiary/aromatic N) is 4. The molecule has 0 saturated heterocycles. The first-order valence-electron chi connectivity index (χ1n) is 7.82. The summed E-state index contributed by atoms with van der Waals surface area (Å²) in [5.41, 5.74) is 1.76. The Labute approximate surface area is 139 Å². The highest BCUT2D eigenvalue weighted by Crippen LogP contribution is 2.16. The van der Waals surface area contributed by atoms with E-state index in [0.717, 1.165) is 35.7 Å². The van der Waals surface area contributed by atoms with Crippen molar-refractivity contribution in [1.29, 1.82) is 0 Å². The molecule has 0 saturated carbocycles. The van der Waals surface area contributed by atoms with Crippen LogP contribution in [0.1, 0.15) is 30.5 Å². The molecule has 0 aliphatic heterocycles. The van der Waals surface area contributed by atoms with Crippen molar-refractivity contribution in [2.75, 3.05) is 11.9 Å². The fraction of sp³-hybridized carbons (Fsp3) is 0.353. The van der Waals surface area contributed by atoms with Crippen molar-refractivity contribution < 1.29 is 0 Å². The Kier molecular flexibility index (Phi) is 4.71. The fourth-order valence-corrected chi connectivity index (χ4v) is 3.38. The average Bonchev–Trinajstić information content (AvgIpc) is 2.97. The topological polar surface area (TPSA) is 50.5 Å². The predicted octanol–water partition coefficient (Wildman–Crippen LogP) is 3.13. The van der Waals surface area contributed by atoms with Gasteiger partial charge in [-0.25, -0.2) is 4.98 Å². The minimum atomic E-state index is -0.106. The summed E-state index contributed by atoms with van der Waals surface area (Å²) in [4.78, 5) is 19.6. The lowest BCUT2D eigenvalue weighted by Gasteiger charge is -2.18. The van der Waals surface area contributed by atoms with Gasteiger partial charge in [-0.15, -0.1) is 0 Å². The van der Waals surface area contributed by atoms with Crippen LogP contribution in [0.2, 0.25) is 0 Å². The Morgan fingerprint density at radius 2 is 2.04 bits per heavy atom. The van der Waals surface area contributed by atoms with Crippen LogP contribution in [0, 0.1) is 0 Å². The Balaban J connectivity index is 1.85. The van der Waals surface area contributed by atoms with Gasteiger partial charge in [0, 0.05) is 25.2 Å². The first-order chi connectivity index (χ1) is 11.2. The van der Waals surface area contributed by atoms with Gasteiger partial charge >= 0.3 is 0 Å². The third-order valence-electron chi connectivity index (χ3n) is 3.68. The molecular formula is C17H20N4OS. The second-order valence-corrected chi connectivity index (χ2v) is 6.61. The molecule has 0 radical (unpaired) electrons. The average molecular weight is 328 g/mol. The van der Waals surface area contributed by atoms with Gasteiger partial charge in [-0.1, -0.05) is 42.9 Å². The lowest BCUT2D eigenvalue weighted by Crippen LogP contribution is -2.21. The van der Waals surface area contributed by atoms with E-state index < -0.39 is 0 Å². The van der Waals surface area contributed by atoms with E-state index in [1.807, 2.05) is 37.4 Å². The third kappa shape index (κ3) is 3.59. The van der Waals surface area contributed by atoms with Gasteiger partial charge in [-0.2, -0.15) is 9.61 Å². The van der Waals surface area contributed by atoms with Gasteiger partial charge < -0.3 is 4.90 Å². The molecule has 5 nitrogen and oxygen atoms in total. The number of hydrogen-bond acceptors (Lipinski definition) is 5. The van der Waals surface area contributed by atoms with Crippen LogP contribution in [0.5, 0.6) is 0 Å². The van der Waals surface area contributed by atoms with E-state index in [-0.39, 0.29) is 5.56 Å². The zero-order valence-electron chi connectivity index (χ0n) is 13.4. The minimum absolute atomic E-state index is 0.106. The molecule has 0 aliphatic rings. The molecule has 0 atom stereocenters. The van der Waals surface area contributed by atoms with Crippen LogP contribution in [-0.4, -0.2) is 21.6 Å². The minimum Gasteiger partial charge on any atom is -0.369 e. The highest BCUT2D eigenvalue weighted by atomic mass is 32.1. The van der Waals surface area contributed by atoms with Crippen LogP contribution in [0.25, 0.3) is 4.96 Å². The molecule has 0 amide bonds. The Bertz CT molecular complexity index is 841. The van der Waals surface area contributed by atoms with Crippen molar-refractivity contribution in [3.05, 3.63) is 57.5 Å². The number of para-hydroxylation sites is 1. The second kappa shape index (κ2) is 6.91. The molecule has 3 aromatic rings. The van der Waals surface area contributed by atoms with Gasteiger partial charge in [0.25, 0.3) is 5.56 Å². The summed E-state index contributed by atoms with van der Waals surface area (Å²) in [5.74, 6) is 0. The molecule has 0 fully saturated rings. The summed E-state index contributed by atoms with van der Waals surface area (Å²) in [7, 11) is 2.00. The molecule has 0 unspecified atom stereocenters. The van der Waals surface area contributed by atoms with E-state index in [2.05, 4.69) is 21.9 Å². The maximum atomic E-state index is 12.3. The number of benzene rings is 1. The van der Waals surface area contributed by atoms with Gasteiger partial charge in [0.1, 0.15) is 5.01 Å². The van der Waals surface area contributed by atoms with Crippen LogP contribution in [-0.2, 0) is 13.0 Å². The van der Waals surface area contributed by atoms with E-state index >= 15 is 0 Å². The number of unbranched alkanes of at least 4 members (excludes halogenated alkanes) is 1. The van der Waals surface area contributed by atoms with Gasteiger partial charge in [0.15, 0.2) is 0 Å². The van der Waals surface area contributed by atoms with Crippen molar-refractivity contribution in [2.45, 2.75) is 32.7 Å². The highest BCUT2D eigenvalue weighted by molar-refractivity contribution is 7.16. The van der Waals surface area contributed by atoms with E-state index in [4.69, 9.17) is 0 Å². The maximum Gasteiger partial charge on any atom is 0.275 e. The summed E-state index contributed by atoms with van der Waals surface area (Å²) < 4.78 is 1.42. The smallest absolute Gasteiger partial charge is 0.275 e.